The molecule has 0 radical (unpaired) electrons. The zero-order valence-corrected chi connectivity index (χ0v) is 13.3. The molecule has 0 atom stereocenters. The molecular weight excluding hydrogens is 302 g/mol. The van der Waals surface area contributed by atoms with E-state index in [0.29, 0.717) is 19.5 Å². The molecule has 0 aromatic carbocycles. The van der Waals surface area contributed by atoms with Crippen molar-refractivity contribution >= 4 is 17.6 Å². The number of nitrogens with zero attached hydrogens (tertiary/aromatic N) is 3. The van der Waals surface area contributed by atoms with E-state index in [0.717, 1.165) is 6.07 Å². The summed E-state index contributed by atoms with van der Waals surface area (Å²) in [6, 6.07) is 2.96. The fourth-order valence-corrected chi connectivity index (χ4v) is 1.59. The molecule has 0 aliphatic heterocycles. The standard InChI is InChI=1S/C14H19N5O4/c1-14(2,3)23-13(20)17-6-4-5-16-12-11(19(21)22)7-10(8-15)9-18-12/h7,9H,4-6H2,1-3H3,(H,16,18)(H,17,20). The van der Waals surface area contributed by atoms with Crippen LogP contribution in [0.2, 0.25) is 0 Å². The minimum Gasteiger partial charge on any atom is -0.444 e. The summed E-state index contributed by atoms with van der Waals surface area (Å²) in [7, 11) is 0. The van der Waals surface area contributed by atoms with Gasteiger partial charge in [0.2, 0.25) is 5.82 Å². The number of nitriles is 1. The van der Waals surface area contributed by atoms with Gasteiger partial charge in [-0.2, -0.15) is 5.26 Å². The predicted molar refractivity (Wildman–Crippen MR) is 82.9 cm³/mol. The maximum Gasteiger partial charge on any atom is 0.407 e. The van der Waals surface area contributed by atoms with E-state index in [1.54, 1.807) is 26.8 Å². The lowest BCUT2D eigenvalue weighted by Gasteiger charge is -2.19. The fraction of sp³-hybridized carbons (Fsp3) is 0.500. The van der Waals surface area contributed by atoms with Gasteiger partial charge >= 0.3 is 11.8 Å². The van der Waals surface area contributed by atoms with Gasteiger partial charge in [0.1, 0.15) is 11.7 Å². The number of hydrogen-bond donors (Lipinski definition) is 2. The molecule has 1 rings (SSSR count). The van der Waals surface area contributed by atoms with Crippen molar-refractivity contribution in [3.8, 4) is 6.07 Å². The molecule has 0 unspecified atom stereocenters. The Labute approximate surface area is 133 Å². The van der Waals surface area contributed by atoms with Gasteiger partial charge in [-0.25, -0.2) is 9.78 Å². The normalized spacial score (nSPS) is 10.5. The van der Waals surface area contributed by atoms with Crippen molar-refractivity contribution in [3.05, 3.63) is 27.9 Å². The number of aromatic nitrogens is 1. The lowest BCUT2D eigenvalue weighted by molar-refractivity contribution is -0.384. The molecule has 9 nitrogen and oxygen atoms in total. The van der Waals surface area contributed by atoms with E-state index in [4.69, 9.17) is 10.00 Å². The van der Waals surface area contributed by atoms with Crippen molar-refractivity contribution in [2.45, 2.75) is 32.8 Å². The van der Waals surface area contributed by atoms with E-state index in [2.05, 4.69) is 15.6 Å². The smallest absolute Gasteiger partial charge is 0.407 e. The number of nitro groups is 1. The molecule has 23 heavy (non-hydrogen) atoms. The van der Waals surface area contributed by atoms with E-state index < -0.39 is 16.6 Å². The maximum absolute atomic E-state index is 11.4. The lowest BCUT2D eigenvalue weighted by Crippen LogP contribution is -2.33. The average molecular weight is 321 g/mol. The summed E-state index contributed by atoms with van der Waals surface area (Å²) >= 11 is 0. The maximum atomic E-state index is 11.4. The molecule has 124 valence electrons. The van der Waals surface area contributed by atoms with Crippen LogP contribution >= 0.6 is 0 Å². The van der Waals surface area contributed by atoms with Crippen LogP contribution in [0.3, 0.4) is 0 Å². The Bertz CT molecular complexity index is 619. The van der Waals surface area contributed by atoms with E-state index in [-0.39, 0.29) is 17.1 Å². The highest BCUT2D eigenvalue weighted by Gasteiger charge is 2.17. The van der Waals surface area contributed by atoms with Crippen LogP contribution in [-0.2, 0) is 4.74 Å². The van der Waals surface area contributed by atoms with Crippen molar-refractivity contribution in [1.82, 2.24) is 10.3 Å². The number of carbonyl (C=O) groups excluding carboxylic acids is 1. The number of hydrogen-bond acceptors (Lipinski definition) is 7. The van der Waals surface area contributed by atoms with Crippen molar-refractivity contribution in [2.24, 2.45) is 0 Å². The molecule has 1 amide bonds. The number of anilines is 1. The predicted octanol–water partition coefficient (Wildman–Crippen LogP) is 2.19. The molecule has 1 aromatic rings. The highest BCUT2D eigenvalue weighted by atomic mass is 16.6. The number of alkyl carbamates (subject to hydrolysis) is 1. The number of ether oxygens (including phenoxy) is 1. The Morgan fingerprint density at radius 3 is 2.74 bits per heavy atom. The summed E-state index contributed by atoms with van der Waals surface area (Å²) in [6.45, 7) is 6.03. The molecule has 0 aliphatic rings. The highest BCUT2D eigenvalue weighted by Crippen LogP contribution is 2.22. The summed E-state index contributed by atoms with van der Waals surface area (Å²) < 4.78 is 5.08. The Balaban J connectivity index is 2.44. The van der Waals surface area contributed by atoms with Crippen LogP contribution in [0, 0.1) is 21.4 Å². The molecule has 1 aromatic heterocycles. The minimum absolute atomic E-state index is 0.0891. The summed E-state index contributed by atoms with van der Waals surface area (Å²) in [5.41, 5.74) is -0.701. The zero-order chi connectivity index (χ0) is 17.5. The van der Waals surface area contributed by atoms with Crippen LogP contribution in [0.1, 0.15) is 32.8 Å². The van der Waals surface area contributed by atoms with Gasteiger partial charge in [-0.1, -0.05) is 0 Å². The van der Waals surface area contributed by atoms with Crippen LogP contribution in [0.5, 0.6) is 0 Å². The highest BCUT2D eigenvalue weighted by molar-refractivity contribution is 5.67. The first-order valence-corrected chi connectivity index (χ1v) is 6.98. The van der Waals surface area contributed by atoms with E-state index in [9.17, 15) is 14.9 Å². The van der Waals surface area contributed by atoms with Gasteiger partial charge in [-0.15, -0.1) is 0 Å². The SMILES string of the molecule is CC(C)(C)OC(=O)NCCCNc1ncc(C#N)cc1[N+](=O)[O-]. The fourth-order valence-electron chi connectivity index (χ4n) is 1.59. The van der Waals surface area contributed by atoms with E-state index in [1.807, 2.05) is 0 Å². The van der Waals surface area contributed by atoms with Crippen LogP contribution in [0.25, 0.3) is 0 Å². The second kappa shape index (κ2) is 7.93. The molecule has 1 heterocycles. The third kappa shape index (κ3) is 6.60. The first-order chi connectivity index (χ1) is 10.7. The van der Waals surface area contributed by atoms with Gasteiger partial charge in [0.05, 0.1) is 10.5 Å². The van der Waals surface area contributed by atoms with Crippen molar-refractivity contribution in [1.29, 1.82) is 5.26 Å². The van der Waals surface area contributed by atoms with Gasteiger partial charge in [-0.3, -0.25) is 10.1 Å². The van der Waals surface area contributed by atoms with Crippen molar-refractivity contribution in [3.63, 3.8) is 0 Å². The molecule has 0 saturated heterocycles. The monoisotopic (exact) mass is 321 g/mol. The van der Waals surface area contributed by atoms with E-state index >= 15 is 0 Å². The minimum atomic E-state index is -0.602. The second-order valence-electron chi connectivity index (χ2n) is 5.67. The lowest BCUT2D eigenvalue weighted by atomic mass is 10.2. The molecule has 2 N–H and O–H groups in total. The number of nitrogens with one attached hydrogen (secondary N) is 2. The Kier molecular flexibility index (Phi) is 6.26. The second-order valence-corrected chi connectivity index (χ2v) is 5.67. The van der Waals surface area contributed by atoms with Crippen molar-refractivity contribution in [2.75, 3.05) is 18.4 Å². The average Bonchev–Trinajstić information content (AvgIpc) is 2.45. The summed E-state index contributed by atoms with van der Waals surface area (Å²) in [5, 5.41) is 25.1. The van der Waals surface area contributed by atoms with E-state index in [1.165, 1.54) is 6.20 Å². The van der Waals surface area contributed by atoms with Gasteiger partial charge in [-0.05, 0) is 27.2 Å². The van der Waals surface area contributed by atoms with Crippen LogP contribution in [0.15, 0.2) is 12.3 Å². The Hall–Kier alpha value is -2.89. The van der Waals surface area contributed by atoms with Gasteiger partial charge in [0, 0.05) is 25.4 Å². The van der Waals surface area contributed by atoms with Gasteiger partial charge in [0.15, 0.2) is 0 Å². The van der Waals surface area contributed by atoms with Crippen LogP contribution in [0.4, 0.5) is 16.3 Å². The first kappa shape index (κ1) is 18.2. The van der Waals surface area contributed by atoms with Crippen LogP contribution in [-0.4, -0.2) is 34.7 Å². The Morgan fingerprint density at radius 2 is 2.17 bits per heavy atom. The number of pyridine rings is 1. The zero-order valence-electron chi connectivity index (χ0n) is 13.3. The molecular formula is C14H19N5O4. The van der Waals surface area contributed by atoms with Crippen LogP contribution < -0.4 is 10.6 Å². The third-order valence-electron chi connectivity index (χ3n) is 2.51. The largest absolute Gasteiger partial charge is 0.444 e. The molecule has 0 fully saturated rings. The van der Waals surface area contributed by atoms with Gasteiger partial charge in [0.25, 0.3) is 0 Å². The topological polar surface area (TPSA) is 130 Å². The summed E-state index contributed by atoms with van der Waals surface area (Å²) in [5.74, 6) is 0.0891. The third-order valence-corrected chi connectivity index (χ3v) is 2.51. The first-order valence-electron chi connectivity index (χ1n) is 6.98. The number of rotatable bonds is 6. The summed E-state index contributed by atoms with van der Waals surface area (Å²) in [6.07, 6.45) is 1.27. The quantitative estimate of drug-likeness (QED) is 0.466. The molecule has 0 bridgehead atoms. The molecule has 0 saturated carbocycles. The van der Waals surface area contributed by atoms with Crippen molar-refractivity contribution < 1.29 is 14.5 Å². The Morgan fingerprint density at radius 1 is 1.48 bits per heavy atom. The molecule has 9 heteroatoms. The summed E-state index contributed by atoms with van der Waals surface area (Å²) in [4.78, 5) is 25.6. The van der Waals surface area contributed by atoms with Gasteiger partial charge < -0.3 is 15.4 Å². The number of amides is 1. The number of carbonyl (C=O) groups is 1. The molecule has 0 spiro atoms. The molecule has 0 aliphatic carbocycles.